The second-order valence-electron chi connectivity index (χ2n) is 9.66. The highest BCUT2D eigenvalue weighted by Gasteiger charge is 2.25. The van der Waals surface area contributed by atoms with Crippen LogP contribution in [0.2, 0.25) is 0 Å². The van der Waals surface area contributed by atoms with Crippen molar-refractivity contribution in [3.05, 3.63) is 105 Å². The fourth-order valence-corrected chi connectivity index (χ4v) is 6.62. The number of esters is 2. The summed E-state index contributed by atoms with van der Waals surface area (Å²) < 4.78 is 49.0. The van der Waals surface area contributed by atoms with Gasteiger partial charge in [0, 0.05) is 11.4 Å². The number of rotatable bonds is 11. The average molecular weight is 637 g/mol. The van der Waals surface area contributed by atoms with Crippen LogP contribution in [0.15, 0.2) is 77.7 Å². The molecule has 0 radical (unpaired) electrons. The maximum absolute atomic E-state index is 12.8. The first-order valence-corrected chi connectivity index (χ1v) is 15.6. The molecule has 3 aromatic carbocycles. The highest BCUT2D eigenvalue weighted by Crippen LogP contribution is 2.37. The fourth-order valence-electron chi connectivity index (χ4n) is 4.48. The molecule has 0 saturated carbocycles. The topological polar surface area (TPSA) is 146 Å². The molecule has 0 fully saturated rings. The molecule has 44 heavy (non-hydrogen) atoms. The summed E-state index contributed by atoms with van der Waals surface area (Å²) in [4.78, 5) is 38.9. The Balaban J connectivity index is 1.24. The van der Waals surface area contributed by atoms with Crippen LogP contribution in [0.25, 0.3) is 0 Å². The molecule has 1 aliphatic heterocycles. The van der Waals surface area contributed by atoms with Crippen LogP contribution < -0.4 is 19.5 Å². The van der Waals surface area contributed by atoms with Crippen molar-refractivity contribution in [3.8, 4) is 11.5 Å². The lowest BCUT2D eigenvalue weighted by molar-refractivity contribution is -0.119. The molecule has 0 atom stereocenters. The van der Waals surface area contributed by atoms with Gasteiger partial charge in [-0.2, -0.15) is 0 Å². The number of carbonyl (C=O) groups excluding carboxylic acids is 3. The number of nitrogens with one attached hydrogen (secondary N) is 2. The zero-order chi connectivity index (χ0) is 31.3. The number of hydrogen-bond acceptors (Lipinski definition) is 10. The molecular weight excluding hydrogens is 608 g/mol. The number of carbonyl (C=O) groups is 3. The van der Waals surface area contributed by atoms with Gasteiger partial charge in [-0.1, -0.05) is 42.5 Å². The van der Waals surface area contributed by atoms with E-state index in [9.17, 15) is 22.8 Å². The van der Waals surface area contributed by atoms with E-state index in [1.54, 1.807) is 30.3 Å². The van der Waals surface area contributed by atoms with E-state index in [2.05, 4.69) is 10.0 Å². The van der Waals surface area contributed by atoms with E-state index in [0.29, 0.717) is 23.5 Å². The Hall–Kier alpha value is -4.72. The minimum atomic E-state index is -3.92. The molecule has 13 heteroatoms. The van der Waals surface area contributed by atoms with Crippen LogP contribution in [-0.2, 0) is 37.3 Å². The van der Waals surface area contributed by atoms with Gasteiger partial charge in [0.05, 0.1) is 23.1 Å². The van der Waals surface area contributed by atoms with Crippen LogP contribution in [0.1, 0.15) is 42.3 Å². The van der Waals surface area contributed by atoms with Crippen LogP contribution in [0.3, 0.4) is 0 Å². The van der Waals surface area contributed by atoms with Crippen molar-refractivity contribution >= 4 is 44.2 Å². The van der Waals surface area contributed by atoms with Gasteiger partial charge in [0.25, 0.3) is 5.91 Å². The van der Waals surface area contributed by atoms with Crippen LogP contribution in [-0.4, -0.2) is 46.8 Å². The van der Waals surface area contributed by atoms with Gasteiger partial charge in [0.1, 0.15) is 5.00 Å². The predicted molar refractivity (Wildman–Crippen MR) is 162 cm³/mol. The third-order valence-electron chi connectivity index (χ3n) is 6.69. The highest BCUT2D eigenvalue weighted by molar-refractivity contribution is 7.89. The number of benzene rings is 3. The van der Waals surface area contributed by atoms with Crippen molar-refractivity contribution in [1.29, 1.82) is 0 Å². The molecule has 1 aliphatic rings. The molecule has 2 heterocycles. The van der Waals surface area contributed by atoms with Crippen molar-refractivity contribution < 1.29 is 41.7 Å². The molecule has 1 amide bonds. The van der Waals surface area contributed by atoms with Crippen molar-refractivity contribution in [3.63, 3.8) is 0 Å². The number of fused-ring (bicyclic) bond motifs is 1. The number of amides is 1. The molecule has 0 unspecified atom stereocenters. The normalized spacial score (nSPS) is 12.0. The van der Waals surface area contributed by atoms with E-state index in [4.69, 9.17) is 18.9 Å². The van der Waals surface area contributed by atoms with Gasteiger partial charge >= 0.3 is 11.9 Å². The molecule has 1 aromatic heterocycles. The zero-order valence-corrected chi connectivity index (χ0v) is 25.4. The lowest BCUT2D eigenvalue weighted by Gasteiger charge is -2.10. The van der Waals surface area contributed by atoms with E-state index < -0.39 is 34.5 Å². The molecule has 5 rings (SSSR count). The Morgan fingerprint density at radius 2 is 1.68 bits per heavy atom. The Labute approximate surface area is 257 Å². The summed E-state index contributed by atoms with van der Waals surface area (Å²) in [6.07, 6.45) is 0.369. The number of sulfonamides is 1. The highest BCUT2D eigenvalue weighted by atomic mass is 32.2. The quantitative estimate of drug-likeness (QED) is 0.228. The van der Waals surface area contributed by atoms with Crippen molar-refractivity contribution in [2.75, 3.05) is 25.8 Å². The Kier molecular flexibility index (Phi) is 9.28. The summed E-state index contributed by atoms with van der Waals surface area (Å²) in [5, 5.41) is 2.89. The summed E-state index contributed by atoms with van der Waals surface area (Å²) in [6, 6.07) is 19.8. The Morgan fingerprint density at radius 3 is 2.45 bits per heavy atom. The smallest absolute Gasteiger partial charge is 0.341 e. The second-order valence-corrected chi connectivity index (χ2v) is 12.7. The molecule has 228 valence electrons. The van der Waals surface area contributed by atoms with E-state index in [1.807, 2.05) is 25.1 Å². The fraction of sp³-hybridized carbons (Fsp3) is 0.194. The van der Waals surface area contributed by atoms with Crippen molar-refractivity contribution in [2.45, 2.75) is 24.8 Å². The van der Waals surface area contributed by atoms with Crippen LogP contribution >= 0.6 is 11.3 Å². The largest absolute Gasteiger partial charge is 0.465 e. The Morgan fingerprint density at radius 1 is 0.909 bits per heavy atom. The number of aryl methyl sites for hydroxylation is 1. The van der Waals surface area contributed by atoms with Crippen molar-refractivity contribution in [1.82, 2.24) is 4.72 Å². The Bertz CT molecular complexity index is 1820. The average Bonchev–Trinajstić information content (AvgIpc) is 3.62. The van der Waals surface area contributed by atoms with Gasteiger partial charge in [-0.05, 0) is 60.4 Å². The maximum atomic E-state index is 12.8. The summed E-state index contributed by atoms with van der Waals surface area (Å²) >= 11 is 1.19. The first kappa shape index (κ1) is 30.7. The minimum Gasteiger partial charge on any atom is -0.465 e. The van der Waals surface area contributed by atoms with E-state index in [0.717, 1.165) is 16.0 Å². The number of hydrogen-bond donors (Lipinski definition) is 2. The standard InChI is InChI=1S/C31H28N2O9S2/c1-19-24(13-21-11-12-25-26(14-21)42-18-41-25)28(31(36)39-2)29(43-19)33-27(34)17-40-30(35)22-9-6-10-23(15-22)44(37,38)32-16-20-7-4-3-5-8-20/h3-12,14-15,32H,13,16-18H2,1-2H3,(H,33,34). The third kappa shape index (κ3) is 7.08. The molecule has 0 aliphatic carbocycles. The second kappa shape index (κ2) is 13.3. The van der Waals surface area contributed by atoms with Crippen LogP contribution in [0.4, 0.5) is 5.00 Å². The van der Waals surface area contributed by atoms with Gasteiger partial charge in [-0.3, -0.25) is 4.79 Å². The molecule has 4 aromatic rings. The lowest BCUT2D eigenvalue weighted by atomic mass is 10.0. The summed E-state index contributed by atoms with van der Waals surface area (Å²) in [7, 11) is -2.67. The van der Waals surface area contributed by atoms with E-state index in [1.165, 1.54) is 42.7 Å². The van der Waals surface area contributed by atoms with Gasteiger partial charge < -0.3 is 24.3 Å². The summed E-state index contributed by atoms with van der Waals surface area (Å²) in [5.74, 6) is -0.959. The monoisotopic (exact) mass is 636 g/mol. The molecule has 0 bridgehead atoms. The molecule has 0 saturated heterocycles. The summed E-state index contributed by atoms with van der Waals surface area (Å²) in [6.45, 7) is 1.37. The molecule has 0 spiro atoms. The van der Waals surface area contributed by atoms with E-state index >= 15 is 0 Å². The maximum Gasteiger partial charge on any atom is 0.341 e. The van der Waals surface area contributed by atoms with Gasteiger partial charge in [0.15, 0.2) is 18.1 Å². The van der Waals surface area contributed by atoms with Crippen LogP contribution in [0, 0.1) is 6.92 Å². The first-order chi connectivity index (χ1) is 21.1. The number of anilines is 1. The number of ether oxygens (including phenoxy) is 4. The zero-order valence-electron chi connectivity index (χ0n) is 23.7. The minimum absolute atomic E-state index is 0.0476. The van der Waals surface area contributed by atoms with Gasteiger partial charge in [-0.25, -0.2) is 22.7 Å². The first-order valence-electron chi connectivity index (χ1n) is 13.3. The van der Waals surface area contributed by atoms with E-state index in [-0.39, 0.29) is 34.4 Å². The molecule has 2 N–H and O–H groups in total. The lowest BCUT2D eigenvalue weighted by Crippen LogP contribution is -2.24. The van der Waals surface area contributed by atoms with Crippen LogP contribution in [0.5, 0.6) is 11.5 Å². The van der Waals surface area contributed by atoms with Gasteiger partial charge in [0.2, 0.25) is 16.8 Å². The SMILES string of the molecule is COC(=O)c1c(NC(=O)COC(=O)c2cccc(S(=O)(=O)NCc3ccccc3)c2)sc(C)c1Cc1ccc2c(c1)OCO2. The third-order valence-corrected chi connectivity index (χ3v) is 9.15. The summed E-state index contributed by atoms with van der Waals surface area (Å²) in [5.41, 5.74) is 2.47. The van der Waals surface area contributed by atoms with Crippen molar-refractivity contribution in [2.24, 2.45) is 0 Å². The van der Waals surface area contributed by atoms with Gasteiger partial charge in [-0.15, -0.1) is 11.3 Å². The number of methoxy groups -OCH3 is 1. The number of thiophene rings is 1. The molecular formula is C31H28N2O9S2. The molecule has 11 nitrogen and oxygen atoms in total. The predicted octanol–water partition coefficient (Wildman–Crippen LogP) is 4.44.